The lowest BCUT2D eigenvalue weighted by Crippen LogP contribution is -2.42. The van der Waals surface area contributed by atoms with Crippen LogP contribution >= 0.6 is 0 Å². The monoisotopic (exact) mass is 292 g/mol. The molecule has 2 rings (SSSR count). The average molecular weight is 292 g/mol. The Morgan fingerprint density at radius 2 is 2.05 bits per heavy atom. The first kappa shape index (κ1) is 16.0. The van der Waals surface area contributed by atoms with E-state index in [1.54, 1.807) is 17.0 Å². The molecule has 21 heavy (non-hydrogen) atoms. The molecule has 0 aliphatic carbocycles. The third kappa shape index (κ3) is 3.84. The summed E-state index contributed by atoms with van der Waals surface area (Å²) in [7, 11) is 0. The van der Waals surface area contributed by atoms with E-state index < -0.39 is 0 Å². The molecule has 0 aromatic carbocycles. The van der Waals surface area contributed by atoms with Gasteiger partial charge in [-0.15, -0.1) is 0 Å². The molecule has 1 saturated heterocycles. The van der Waals surface area contributed by atoms with E-state index in [1.165, 1.54) is 12.8 Å². The summed E-state index contributed by atoms with van der Waals surface area (Å²) in [5, 5.41) is 3.39. The molecule has 0 radical (unpaired) electrons. The van der Waals surface area contributed by atoms with Crippen LogP contribution in [0.2, 0.25) is 0 Å². The first-order valence-electron chi connectivity index (χ1n) is 7.97. The van der Waals surface area contributed by atoms with Crippen molar-refractivity contribution in [2.45, 2.75) is 46.1 Å². The summed E-state index contributed by atoms with van der Waals surface area (Å²) in [6, 6.07) is 0. The van der Waals surface area contributed by atoms with Crippen molar-refractivity contribution >= 4 is 5.82 Å². The fourth-order valence-corrected chi connectivity index (χ4v) is 2.89. The molecule has 0 unspecified atom stereocenters. The van der Waals surface area contributed by atoms with Crippen LogP contribution in [0.1, 0.15) is 40.5 Å². The summed E-state index contributed by atoms with van der Waals surface area (Å²) in [5.74, 6) is 1.24. The van der Waals surface area contributed by atoms with Crippen LogP contribution in [0.4, 0.5) is 5.82 Å². The van der Waals surface area contributed by atoms with Gasteiger partial charge in [0.1, 0.15) is 0 Å². The molecule has 0 amide bonds. The van der Waals surface area contributed by atoms with Gasteiger partial charge in [-0.05, 0) is 59.5 Å². The Hall–Kier alpha value is -1.36. The Bertz CT molecular complexity index is 512. The zero-order valence-corrected chi connectivity index (χ0v) is 13.7. The molecule has 2 heterocycles. The molecule has 1 aliphatic rings. The molecule has 0 saturated carbocycles. The van der Waals surface area contributed by atoms with Crippen molar-refractivity contribution in [3.05, 3.63) is 22.7 Å². The first-order valence-corrected chi connectivity index (χ1v) is 7.97. The van der Waals surface area contributed by atoms with Gasteiger partial charge in [-0.1, -0.05) is 0 Å². The van der Waals surface area contributed by atoms with Gasteiger partial charge < -0.3 is 14.8 Å². The maximum Gasteiger partial charge on any atom is 0.293 e. The molecule has 0 atom stereocenters. The molecule has 1 aromatic rings. The number of rotatable bonds is 4. The number of hydrogen-bond donors (Lipinski definition) is 1. The Kier molecular flexibility index (Phi) is 5.04. The Labute approximate surface area is 127 Å². The minimum atomic E-state index is -0.219. The van der Waals surface area contributed by atoms with Gasteiger partial charge in [0.05, 0.1) is 0 Å². The van der Waals surface area contributed by atoms with Gasteiger partial charge in [-0.2, -0.15) is 0 Å². The molecule has 1 aromatic heterocycles. The van der Waals surface area contributed by atoms with Crippen LogP contribution in [0.15, 0.2) is 17.2 Å². The van der Waals surface area contributed by atoms with Crippen molar-refractivity contribution in [3.8, 4) is 0 Å². The molecule has 0 spiro atoms. The maximum atomic E-state index is 12.7. The highest BCUT2D eigenvalue weighted by Gasteiger charge is 2.22. The normalized spacial score (nSPS) is 17.0. The van der Waals surface area contributed by atoms with Gasteiger partial charge in [-0.25, -0.2) is 4.98 Å². The largest absolute Gasteiger partial charge is 0.352 e. The van der Waals surface area contributed by atoms with E-state index in [-0.39, 0.29) is 11.1 Å². The van der Waals surface area contributed by atoms with Crippen LogP contribution in [0.3, 0.4) is 0 Å². The van der Waals surface area contributed by atoms with Gasteiger partial charge in [0, 0.05) is 31.0 Å². The molecule has 1 fully saturated rings. The number of piperidine rings is 1. The topological polar surface area (TPSA) is 50.2 Å². The SMILES string of the molecule is CCN(CC1CCNCC1)c1nccn(C(C)(C)C)c1=O. The van der Waals surface area contributed by atoms with Crippen molar-refractivity contribution in [1.82, 2.24) is 14.9 Å². The molecule has 5 heteroatoms. The fraction of sp³-hybridized carbons (Fsp3) is 0.750. The zero-order valence-electron chi connectivity index (χ0n) is 13.7. The van der Waals surface area contributed by atoms with Crippen LogP contribution in [0, 0.1) is 5.92 Å². The Balaban J connectivity index is 2.23. The smallest absolute Gasteiger partial charge is 0.293 e. The van der Waals surface area contributed by atoms with Gasteiger partial charge in [0.25, 0.3) is 5.56 Å². The Morgan fingerprint density at radius 1 is 1.38 bits per heavy atom. The minimum Gasteiger partial charge on any atom is -0.352 e. The van der Waals surface area contributed by atoms with E-state index >= 15 is 0 Å². The highest BCUT2D eigenvalue weighted by molar-refractivity contribution is 5.35. The van der Waals surface area contributed by atoms with Crippen molar-refractivity contribution in [2.75, 3.05) is 31.1 Å². The van der Waals surface area contributed by atoms with Crippen molar-refractivity contribution in [1.29, 1.82) is 0 Å². The lowest BCUT2D eigenvalue weighted by atomic mass is 9.97. The van der Waals surface area contributed by atoms with Crippen LogP contribution in [0.25, 0.3) is 0 Å². The van der Waals surface area contributed by atoms with Gasteiger partial charge in [0.15, 0.2) is 5.82 Å². The summed E-state index contributed by atoms with van der Waals surface area (Å²) >= 11 is 0. The number of aromatic nitrogens is 2. The molecule has 1 aliphatic heterocycles. The highest BCUT2D eigenvalue weighted by Crippen LogP contribution is 2.17. The van der Waals surface area contributed by atoms with E-state index in [4.69, 9.17) is 0 Å². The zero-order chi connectivity index (χ0) is 15.5. The van der Waals surface area contributed by atoms with Crippen LogP contribution in [-0.2, 0) is 5.54 Å². The summed E-state index contributed by atoms with van der Waals surface area (Å²) in [4.78, 5) is 19.2. The molecule has 1 N–H and O–H groups in total. The molecule has 5 nitrogen and oxygen atoms in total. The summed E-state index contributed by atoms with van der Waals surface area (Å²) in [6.45, 7) is 12.1. The number of nitrogens with zero attached hydrogens (tertiary/aromatic N) is 3. The van der Waals surface area contributed by atoms with Crippen LogP contribution in [0.5, 0.6) is 0 Å². The number of hydrogen-bond acceptors (Lipinski definition) is 4. The van der Waals surface area contributed by atoms with Crippen LogP contribution in [-0.4, -0.2) is 35.7 Å². The highest BCUT2D eigenvalue weighted by atomic mass is 16.1. The van der Waals surface area contributed by atoms with Gasteiger partial charge in [-0.3, -0.25) is 4.79 Å². The van der Waals surface area contributed by atoms with Crippen LogP contribution < -0.4 is 15.8 Å². The molecular formula is C16H28N4O. The van der Waals surface area contributed by atoms with E-state index in [2.05, 4.69) is 22.1 Å². The average Bonchev–Trinajstić information content (AvgIpc) is 2.45. The van der Waals surface area contributed by atoms with Crippen molar-refractivity contribution < 1.29 is 0 Å². The summed E-state index contributed by atoms with van der Waals surface area (Å²) in [5.41, 5.74) is -0.205. The van der Waals surface area contributed by atoms with E-state index in [0.717, 1.165) is 26.2 Å². The van der Waals surface area contributed by atoms with Crippen molar-refractivity contribution in [2.24, 2.45) is 5.92 Å². The third-order valence-electron chi connectivity index (χ3n) is 4.16. The fourth-order valence-electron chi connectivity index (χ4n) is 2.89. The van der Waals surface area contributed by atoms with Gasteiger partial charge in [0.2, 0.25) is 0 Å². The molecular weight excluding hydrogens is 264 g/mol. The van der Waals surface area contributed by atoms with E-state index in [0.29, 0.717) is 11.7 Å². The Morgan fingerprint density at radius 3 is 2.62 bits per heavy atom. The number of nitrogens with one attached hydrogen (secondary N) is 1. The predicted molar refractivity (Wildman–Crippen MR) is 87.0 cm³/mol. The first-order chi connectivity index (χ1) is 9.93. The predicted octanol–water partition coefficient (Wildman–Crippen LogP) is 1.82. The molecule has 0 bridgehead atoms. The number of anilines is 1. The second-order valence-electron chi connectivity index (χ2n) is 6.83. The second kappa shape index (κ2) is 6.60. The quantitative estimate of drug-likeness (QED) is 0.920. The molecule has 118 valence electrons. The minimum absolute atomic E-state index is 0.0146. The van der Waals surface area contributed by atoms with Crippen molar-refractivity contribution in [3.63, 3.8) is 0 Å². The standard InChI is InChI=1S/C16H28N4O/c1-5-19(12-13-6-8-17-9-7-13)14-15(21)20(11-10-18-14)16(2,3)4/h10-11,13,17H,5-9,12H2,1-4H3. The lowest BCUT2D eigenvalue weighted by Gasteiger charge is -2.31. The summed E-state index contributed by atoms with van der Waals surface area (Å²) in [6.07, 6.45) is 5.88. The lowest BCUT2D eigenvalue weighted by molar-refractivity contribution is 0.368. The second-order valence-corrected chi connectivity index (χ2v) is 6.83. The van der Waals surface area contributed by atoms with Gasteiger partial charge >= 0.3 is 0 Å². The third-order valence-corrected chi connectivity index (χ3v) is 4.16. The summed E-state index contributed by atoms with van der Waals surface area (Å²) < 4.78 is 1.78. The maximum absolute atomic E-state index is 12.7. The van der Waals surface area contributed by atoms with E-state index in [1.807, 2.05) is 20.8 Å². The van der Waals surface area contributed by atoms with E-state index in [9.17, 15) is 4.79 Å².